The van der Waals surface area contributed by atoms with Gasteiger partial charge in [0, 0.05) is 42.0 Å². The Hall–Kier alpha value is -4.51. The molecule has 40 heavy (non-hydrogen) atoms. The van der Waals surface area contributed by atoms with Gasteiger partial charge in [-0.2, -0.15) is 5.10 Å². The summed E-state index contributed by atoms with van der Waals surface area (Å²) in [4.78, 5) is 28.1. The van der Waals surface area contributed by atoms with Crippen LogP contribution in [0.2, 0.25) is 0 Å². The fourth-order valence-electron chi connectivity index (χ4n) is 6.07. The molecule has 11 nitrogen and oxygen atoms in total. The Balaban J connectivity index is 1.10. The highest BCUT2D eigenvalue weighted by Crippen LogP contribution is 2.31. The summed E-state index contributed by atoms with van der Waals surface area (Å²) in [5, 5.41) is 22.7. The summed E-state index contributed by atoms with van der Waals surface area (Å²) >= 11 is 0. The van der Waals surface area contributed by atoms with Gasteiger partial charge in [-0.25, -0.2) is 9.97 Å². The molecule has 0 spiro atoms. The summed E-state index contributed by atoms with van der Waals surface area (Å²) in [5.74, 6) is 1.22. The number of likely N-dealkylation sites (tertiary alicyclic amines) is 1. The number of piperidine rings is 2. The molecule has 11 heteroatoms. The van der Waals surface area contributed by atoms with Gasteiger partial charge in [0.2, 0.25) is 0 Å². The lowest BCUT2D eigenvalue weighted by atomic mass is 9.99. The van der Waals surface area contributed by atoms with Crippen LogP contribution in [0.4, 0.5) is 22.9 Å². The quantitative estimate of drug-likeness (QED) is 0.188. The molecule has 5 aromatic rings. The SMILES string of the molecule is O=[N+]([O-])c1ccc(Nc2ccc3[nH]nc(-c4nc5ccc(N6CCC(N7CCCCC7)CC6)cc5[nH]4)c3c2)nc1. The van der Waals surface area contributed by atoms with Crippen molar-refractivity contribution in [1.82, 2.24) is 30.0 Å². The van der Waals surface area contributed by atoms with Gasteiger partial charge in [-0.3, -0.25) is 15.2 Å². The molecule has 0 bridgehead atoms. The zero-order valence-corrected chi connectivity index (χ0v) is 22.1. The van der Waals surface area contributed by atoms with E-state index in [1.807, 2.05) is 18.2 Å². The van der Waals surface area contributed by atoms with Crippen LogP contribution in [-0.4, -0.2) is 67.2 Å². The number of nitrogens with one attached hydrogen (secondary N) is 3. The third kappa shape index (κ3) is 4.73. The molecule has 2 aromatic carbocycles. The third-order valence-corrected chi connectivity index (χ3v) is 8.22. The molecule has 0 atom stereocenters. The normalized spacial score (nSPS) is 17.1. The van der Waals surface area contributed by atoms with Gasteiger partial charge in [-0.15, -0.1) is 0 Å². The fraction of sp³-hybridized carbons (Fsp3) is 0.345. The Morgan fingerprint density at radius 1 is 0.950 bits per heavy atom. The molecule has 0 radical (unpaired) electrons. The van der Waals surface area contributed by atoms with Crippen molar-refractivity contribution >= 4 is 44.8 Å². The van der Waals surface area contributed by atoms with Crippen LogP contribution in [0.25, 0.3) is 33.5 Å². The van der Waals surface area contributed by atoms with Gasteiger partial charge in [-0.1, -0.05) is 6.42 Å². The van der Waals surface area contributed by atoms with E-state index in [1.165, 1.54) is 63.1 Å². The van der Waals surface area contributed by atoms with Crippen LogP contribution in [-0.2, 0) is 0 Å². The molecule has 3 aromatic heterocycles. The number of H-pyrrole nitrogens is 2. The number of anilines is 3. The van der Waals surface area contributed by atoms with Gasteiger partial charge in [0.15, 0.2) is 5.82 Å². The predicted octanol–water partition coefficient (Wildman–Crippen LogP) is 5.61. The second-order valence-electron chi connectivity index (χ2n) is 10.7. The molecule has 204 valence electrons. The molecular weight excluding hydrogens is 506 g/mol. The number of hydrogen-bond donors (Lipinski definition) is 3. The van der Waals surface area contributed by atoms with Crippen molar-refractivity contribution in [3.05, 3.63) is 64.8 Å². The number of aromatic nitrogens is 5. The van der Waals surface area contributed by atoms with Crippen molar-refractivity contribution in [2.45, 2.75) is 38.1 Å². The average molecular weight is 538 g/mol. The Labute approximate surface area is 230 Å². The number of fused-ring (bicyclic) bond motifs is 2. The molecule has 0 aliphatic carbocycles. The number of nitrogens with zero attached hydrogens (tertiary/aromatic N) is 6. The first-order valence-corrected chi connectivity index (χ1v) is 14.0. The number of hydrogen-bond acceptors (Lipinski definition) is 8. The fourth-order valence-corrected chi connectivity index (χ4v) is 6.07. The molecule has 0 amide bonds. The standard InChI is InChI=1S/C29H31N9O2/c39-38(40)22-6-9-27(30-18-22)31-19-4-7-24-23(16-19)28(35-34-24)29-32-25-8-5-21(17-26(25)33-29)37-14-10-20(11-15-37)36-12-2-1-3-13-36/h4-9,16-18,20H,1-3,10-15H2,(H,30,31)(H,32,33)(H,34,35). The van der Waals surface area contributed by atoms with Crippen molar-refractivity contribution in [2.75, 3.05) is 36.4 Å². The van der Waals surface area contributed by atoms with Gasteiger partial charge in [0.25, 0.3) is 5.69 Å². The van der Waals surface area contributed by atoms with Crippen LogP contribution in [0.1, 0.15) is 32.1 Å². The van der Waals surface area contributed by atoms with E-state index in [-0.39, 0.29) is 5.69 Å². The number of rotatable bonds is 6. The Bertz CT molecular complexity index is 1660. The van der Waals surface area contributed by atoms with Crippen molar-refractivity contribution in [3.63, 3.8) is 0 Å². The minimum Gasteiger partial charge on any atom is -0.371 e. The Kier molecular flexibility index (Phi) is 6.27. The van der Waals surface area contributed by atoms with E-state index < -0.39 is 4.92 Å². The van der Waals surface area contributed by atoms with E-state index >= 15 is 0 Å². The second kappa shape index (κ2) is 10.2. The van der Waals surface area contributed by atoms with Crippen molar-refractivity contribution < 1.29 is 4.92 Å². The topological polar surface area (TPSA) is 132 Å². The van der Waals surface area contributed by atoms with Crippen molar-refractivity contribution in [3.8, 4) is 11.5 Å². The first-order chi connectivity index (χ1) is 19.6. The predicted molar refractivity (Wildman–Crippen MR) is 156 cm³/mol. The van der Waals surface area contributed by atoms with Crippen molar-refractivity contribution in [1.29, 1.82) is 0 Å². The van der Waals surface area contributed by atoms with Crippen LogP contribution in [0.3, 0.4) is 0 Å². The monoisotopic (exact) mass is 537 g/mol. The Morgan fingerprint density at radius 2 is 1.80 bits per heavy atom. The average Bonchev–Trinajstić information content (AvgIpc) is 3.61. The summed E-state index contributed by atoms with van der Waals surface area (Å²) in [5.41, 5.74) is 5.49. The smallest absolute Gasteiger partial charge is 0.287 e. The van der Waals surface area contributed by atoms with Crippen LogP contribution < -0.4 is 10.2 Å². The highest BCUT2D eigenvalue weighted by Gasteiger charge is 2.26. The highest BCUT2D eigenvalue weighted by atomic mass is 16.6. The van der Waals surface area contributed by atoms with Gasteiger partial charge in [0.05, 0.1) is 21.5 Å². The van der Waals surface area contributed by atoms with E-state index in [9.17, 15) is 10.1 Å². The van der Waals surface area contributed by atoms with Gasteiger partial charge in [-0.05, 0) is 81.2 Å². The first-order valence-electron chi connectivity index (χ1n) is 14.0. The van der Waals surface area contributed by atoms with E-state index in [4.69, 9.17) is 4.98 Å². The molecule has 2 fully saturated rings. The summed E-state index contributed by atoms with van der Waals surface area (Å²) in [6.45, 7) is 4.69. The lowest BCUT2D eigenvalue weighted by molar-refractivity contribution is -0.385. The molecule has 7 rings (SSSR count). The minimum atomic E-state index is -0.463. The molecule has 3 N–H and O–H groups in total. The van der Waals surface area contributed by atoms with Gasteiger partial charge in [0.1, 0.15) is 17.7 Å². The summed E-state index contributed by atoms with van der Waals surface area (Å²) in [6, 6.07) is 16.0. The minimum absolute atomic E-state index is 0.0481. The third-order valence-electron chi connectivity index (χ3n) is 8.22. The molecule has 2 aliphatic heterocycles. The lowest BCUT2D eigenvalue weighted by Gasteiger charge is -2.41. The summed E-state index contributed by atoms with van der Waals surface area (Å²) in [6.07, 6.45) is 7.75. The molecule has 5 heterocycles. The number of aromatic amines is 2. The highest BCUT2D eigenvalue weighted by molar-refractivity contribution is 5.95. The maximum absolute atomic E-state index is 10.9. The van der Waals surface area contributed by atoms with E-state index in [0.29, 0.717) is 11.6 Å². The second-order valence-corrected chi connectivity index (χ2v) is 10.7. The number of nitro groups is 1. The Morgan fingerprint density at radius 3 is 2.58 bits per heavy atom. The van der Waals surface area contributed by atoms with Gasteiger partial charge < -0.3 is 20.1 Å². The lowest BCUT2D eigenvalue weighted by Crippen LogP contribution is -2.46. The number of imidazole rings is 1. The van der Waals surface area contributed by atoms with E-state index in [0.717, 1.165) is 52.4 Å². The van der Waals surface area contributed by atoms with Crippen LogP contribution in [0.15, 0.2) is 54.7 Å². The summed E-state index contributed by atoms with van der Waals surface area (Å²) < 4.78 is 0. The molecule has 2 saturated heterocycles. The largest absolute Gasteiger partial charge is 0.371 e. The maximum atomic E-state index is 10.9. The molecule has 0 saturated carbocycles. The van der Waals surface area contributed by atoms with E-state index in [1.54, 1.807) is 6.07 Å². The number of pyridine rings is 1. The molecular formula is C29H31N9O2. The molecule has 2 aliphatic rings. The zero-order chi connectivity index (χ0) is 27.1. The first kappa shape index (κ1) is 24.5. The van der Waals surface area contributed by atoms with Gasteiger partial charge >= 0.3 is 0 Å². The molecule has 0 unspecified atom stereocenters. The number of benzene rings is 2. The summed E-state index contributed by atoms with van der Waals surface area (Å²) in [7, 11) is 0. The van der Waals surface area contributed by atoms with Crippen LogP contribution in [0.5, 0.6) is 0 Å². The van der Waals surface area contributed by atoms with E-state index in [2.05, 4.69) is 53.5 Å². The zero-order valence-electron chi connectivity index (χ0n) is 22.1. The van der Waals surface area contributed by atoms with Crippen LogP contribution >= 0.6 is 0 Å². The van der Waals surface area contributed by atoms with Crippen LogP contribution in [0, 0.1) is 10.1 Å². The van der Waals surface area contributed by atoms with Crippen molar-refractivity contribution in [2.24, 2.45) is 0 Å². The maximum Gasteiger partial charge on any atom is 0.287 e.